The van der Waals surface area contributed by atoms with Crippen LogP contribution >= 0.6 is 0 Å². The molecule has 1 aromatic carbocycles. The first kappa shape index (κ1) is 17.2. The quantitative estimate of drug-likeness (QED) is 0.577. The molecule has 0 radical (unpaired) electrons. The van der Waals surface area contributed by atoms with E-state index in [1.807, 2.05) is 20.0 Å². The molecule has 1 aliphatic heterocycles. The van der Waals surface area contributed by atoms with E-state index in [2.05, 4.69) is 20.5 Å². The fraction of sp³-hybridized carbons (Fsp3) is 0.200. The Kier molecular flexibility index (Phi) is 3.94. The molecule has 3 aromatic heterocycles. The standard InChI is InChI=1S/C20H18N6O3/c1-12-14(11-22-25(12)2)16-5-6-21-19-10-15(24-26(16)19)20(27)23-13-3-4-17-18(9-13)29-8-7-28-17/h3-6,9-11H,7-8H2,1-2H3,(H,23,27). The average Bonchev–Trinajstić information content (AvgIpc) is 3.32. The van der Waals surface area contributed by atoms with Crippen LogP contribution in [0.1, 0.15) is 16.2 Å². The van der Waals surface area contributed by atoms with E-state index in [1.54, 1.807) is 45.9 Å². The summed E-state index contributed by atoms with van der Waals surface area (Å²) < 4.78 is 14.5. The summed E-state index contributed by atoms with van der Waals surface area (Å²) in [6.45, 7) is 2.98. The van der Waals surface area contributed by atoms with Gasteiger partial charge in [0.05, 0.1) is 11.9 Å². The van der Waals surface area contributed by atoms with Gasteiger partial charge in [-0.2, -0.15) is 10.2 Å². The number of hydrogen-bond donors (Lipinski definition) is 1. The second-order valence-electron chi connectivity index (χ2n) is 6.71. The topological polar surface area (TPSA) is 95.6 Å². The van der Waals surface area contributed by atoms with Gasteiger partial charge in [-0.05, 0) is 25.1 Å². The lowest BCUT2D eigenvalue weighted by atomic mass is 10.2. The maximum Gasteiger partial charge on any atom is 0.276 e. The van der Waals surface area contributed by atoms with Crippen molar-refractivity contribution in [2.24, 2.45) is 7.05 Å². The SMILES string of the molecule is Cc1c(-c2ccnc3cc(C(=O)Nc4ccc5c(c4)OCCO5)nn23)cnn1C. The largest absolute Gasteiger partial charge is 0.486 e. The minimum atomic E-state index is -0.332. The van der Waals surface area contributed by atoms with E-state index >= 15 is 0 Å². The van der Waals surface area contributed by atoms with Crippen LogP contribution < -0.4 is 14.8 Å². The number of anilines is 1. The molecular weight excluding hydrogens is 372 g/mol. The Labute approximate surface area is 165 Å². The number of carbonyl (C=O) groups excluding carboxylic acids is 1. The zero-order valence-electron chi connectivity index (χ0n) is 15.9. The number of benzene rings is 1. The predicted molar refractivity (Wildman–Crippen MR) is 105 cm³/mol. The first-order chi connectivity index (χ1) is 14.1. The van der Waals surface area contributed by atoms with Gasteiger partial charge in [0, 0.05) is 42.3 Å². The minimum absolute atomic E-state index is 0.265. The van der Waals surface area contributed by atoms with Gasteiger partial charge in [-0.1, -0.05) is 0 Å². The van der Waals surface area contributed by atoms with Gasteiger partial charge in [-0.15, -0.1) is 0 Å². The van der Waals surface area contributed by atoms with Crippen LogP contribution in [0.3, 0.4) is 0 Å². The highest BCUT2D eigenvalue weighted by atomic mass is 16.6. The number of carbonyl (C=O) groups is 1. The Balaban J connectivity index is 1.47. The fourth-order valence-corrected chi connectivity index (χ4v) is 3.28. The molecule has 0 bridgehead atoms. The lowest BCUT2D eigenvalue weighted by molar-refractivity contribution is 0.102. The van der Waals surface area contributed by atoms with Crippen LogP contribution in [0.15, 0.2) is 42.7 Å². The van der Waals surface area contributed by atoms with Crippen molar-refractivity contribution in [2.75, 3.05) is 18.5 Å². The van der Waals surface area contributed by atoms with Crippen molar-refractivity contribution in [3.05, 3.63) is 54.1 Å². The van der Waals surface area contributed by atoms with Crippen LogP contribution in [0.2, 0.25) is 0 Å². The van der Waals surface area contributed by atoms with E-state index in [1.165, 1.54) is 0 Å². The molecule has 0 saturated heterocycles. The number of aryl methyl sites for hydroxylation is 1. The smallest absolute Gasteiger partial charge is 0.276 e. The molecule has 1 amide bonds. The Hall–Kier alpha value is -3.88. The zero-order valence-corrected chi connectivity index (χ0v) is 15.9. The molecule has 4 aromatic rings. The van der Waals surface area contributed by atoms with Gasteiger partial charge in [0.1, 0.15) is 13.2 Å². The summed E-state index contributed by atoms with van der Waals surface area (Å²) in [5.74, 6) is 0.948. The van der Waals surface area contributed by atoms with Crippen LogP contribution in [0.25, 0.3) is 16.9 Å². The molecule has 4 heterocycles. The third-order valence-electron chi connectivity index (χ3n) is 4.90. The molecule has 0 spiro atoms. The molecule has 0 atom stereocenters. The summed E-state index contributed by atoms with van der Waals surface area (Å²) in [5.41, 5.74) is 4.20. The van der Waals surface area contributed by atoms with Gasteiger partial charge in [-0.25, -0.2) is 9.50 Å². The summed E-state index contributed by atoms with van der Waals surface area (Å²) in [6.07, 6.45) is 3.47. The maximum absolute atomic E-state index is 12.8. The molecule has 0 fully saturated rings. The molecule has 1 N–H and O–H groups in total. The van der Waals surface area contributed by atoms with Crippen molar-refractivity contribution in [1.82, 2.24) is 24.4 Å². The average molecular weight is 390 g/mol. The number of nitrogens with zero attached hydrogens (tertiary/aromatic N) is 5. The number of hydrogen-bond acceptors (Lipinski definition) is 6. The monoisotopic (exact) mass is 390 g/mol. The Morgan fingerprint density at radius 3 is 2.76 bits per heavy atom. The molecule has 0 saturated carbocycles. The molecule has 9 heteroatoms. The lowest BCUT2D eigenvalue weighted by Gasteiger charge is -2.18. The molecule has 9 nitrogen and oxygen atoms in total. The fourth-order valence-electron chi connectivity index (χ4n) is 3.28. The zero-order chi connectivity index (χ0) is 20.0. The molecule has 1 aliphatic rings. The summed E-state index contributed by atoms with van der Waals surface area (Å²) in [5, 5.41) is 11.6. The Bertz CT molecular complexity index is 1240. The highest BCUT2D eigenvalue weighted by Gasteiger charge is 2.18. The number of ether oxygens (including phenoxy) is 2. The number of aromatic nitrogens is 5. The van der Waals surface area contributed by atoms with Gasteiger partial charge in [-0.3, -0.25) is 9.48 Å². The van der Waals surface area contributed by atoms with Gasteiger partial charge in [0.25, 0.3) is 5.91 Å². The second kappa shape index (κ2) is 6.62. The van der Waals surface area contributed by atoms with Crippen molar-refractivity contribution in [1.29, 1.82) is 0 Å². The molecule has 0 unspecified atom stereocenters. The van der Waals surface area contributed by atoms with E-state index in [4.69, 9.17) is 9.47 Å². The van der Waals surface area contributed by atoms with Crippen LogP contribution in [0.4, 0.5) is 5.69 Å². The summed E-state index contributed by atoms with van der Waals surface area (Å²) >= 11 is 0. The number of nitrogens with one attached hydrogen (secondary N) is 1. The molecule has 5 rings (SSSR count). The second-order valence-corrected chi connectivity index (χ2v) is 6.71. The van der Waals surface area contributed by atoms with Gasteiger partial charge in [0.15, 0.2) is 22.8 Å². The van der Waals surface area contributed by atoms with Crippen LogP contribution in [-0.4, -0.2) is 43.5 Å². The first-order valence-corrected chi connectivity index (χ1v) is 9.15. The lowest BCUT2D eigenvalue weighted by Crippen LogP contribution is -2.16. The molecule has 29 heavy (non-hydrogen) atoms. The third kappa shape index (κ3) is 2.96. The minimum Gasteiger partial charge on any atom is -0.486 e. The van der Waals surface area contributed by atoms with Crippen molar-refractivity contribution < 1.29 is 14.3 Å². The van der Waals surface area contributed by atoms with E-state index < -0.39 is 0 Å². The van der Waals surface area contributed by atoms with Crippen molar-refractivity contribution in [3.8, 4) is 22.8 Å². The summed E-state index contributed by atoms with van der Waals surface area (Å²) in [6, 6.07) is 8.79. The van der Waals surface area contributed by atoms with Crippen molar-refractivity contribution >= 4 is 17.2 Å². The predicted octanol–water partition coefficient (Wildman–Crippen LogP) is 2.46. The third-order valence-corrected chi connectivity index (χ3v) is 4.90. The number of amides is 1. The summed E-state index contributed by atoms with van der Waals surface area (Å²) in [4.78, 5) is 17.1. The highest BCUT2D eigenvalue weighted by molar-refractivity contribution is 6.03. The van der Waals surface area contributed by atoms with Crippen molar-refractivity contribution in [3.63, 3.8) is 0 Å². The first-order valence-electron chi connectivity index (χ1n) is 9.15. The highest BCUT2D eigenvalue weighted by Crippen LogP contribution is 2.32. The maximum atomic E-state index is 12.8. The van der Waals surface area contributed by atoms with Crippen LogP contribution in [0, 0.1) is 6.92 Å². The van der Waals surface area contributed by atoms with Gasteiger partial charge < -0.3 is 14.8 Å². The van der Waals surface area contributed by atoms with Crippen molar-refractivity contribution in [2.45, 2.75) is 6.92 Å². The van der Waals surface area contributed by atoms with Crippen LogP contribution in [0.5, 0.6) is 11.5 Å². The Morgan fingerprint density at radius 1 is 1.14 bits per heavy atom. The normalized spacial score (nSPS) is 12.9. The van der Waals surface area contributed by atoms with E-state index in [-0.39, 0.29) is 11.6 Å². The summed E-state index contributed by atoms with van der Waals surface area (Å²) in [7, 11) is 1.88. The van der Waals surface area contributed by atoms with Gasteiger partial charge >= 0.3 is 0 Å². The Morgan fingerprint density at radius 2 is 1.97 bits per heavy atom. The van der Waals surface area contributed by atoms with E-state index in [0.717, 1.165) is 17.0 Å². The molecule has 146 valence electrons. The molecular formula is C20H18N6O3. The van der Waals surface area contributed by atoms with E-state index in [0.29, 0.717) is 36.0 Å². The van der Waals surface area contributed by atoms with Gasteiger partial charge in [0.2, 0.25) is 0 Å². The van der Waals surface area contributed by atoms with Crippen LogP contribution in [-0.2, 0) is 7.05 Å². The number of rotatable bonds is 3. The molecule has 0 aliphatic carbocycles. The number of fused-ring (bicyclic) bond motifs is 2. The van der Waals surface area contributed by atoms with E-state index in [9.17, 15) is 4.79 Å².